The highest BCUT2D eigenvalue weighted by atomic mass is 16.5. The Morgan fingerprint density at radius 2 is 2.25 bits per heavy atom. The predicted octanol–water partition coefficient (Wildman–Crippen LogP) is 1.86. The smallest absolute Gasteiger partial charge is 0.317 e. The van der Waals surface area contributed by atoms with E-state index in [4.69, 9.17) is 9.47 Å². The molecule has 1 aromatic rings. The van der Waals surface area contributed by atoms with E-state index in [9.17, 15) is 4.79 Å². The first-order chi connectivity index (χ1) is 11.5. The summed E-state index contributed by atoms with van der Waals surface area (Å²) in [6, 6.07) is -0.0763. The molecule has 1 unspecified atom stereocenters. The van der Waals surface area contributed by atoms with Gasteiger partial charge in [-0.15, -0.1) is 0 Å². The van der Waals surface area contributed by atoms with Crippen molar-refractivity contribution in [1.29, 1.82) is 0 Å². The minimum Gasteiger partial charge on any atom is -0.383 e. The number of ether oxygens (including phenoxy) is 2. The Hall–Kier alpha value is -1.60. The standard InChI is InChI=1S/C17H30N4O3/c1-13-16(14(2)21(19-13)8-10-23-4)11-18-17(22)20(3)12-15-7-5-6-9-24-15/h15H,5-12H2,1-4H3,(H,18,22). The molecule has 1 N–H and O–H groups in total. The second kappa shape index (κ2) is 9.03. The van der Waals surface area contributed by atoms with E-state index in [1.165, 1.54) is 6.42 Å². The van der Waals surface area contributed by atoms with Gasteiger partial charge in [-0.25, -0.2) is 4.79 Å². The SMILES string of the molecule is COCCn1nc(C)c(CNC(=O)N(C)CC2CCCCO2)c1C. The zero-order chi connectivity index (χ0) is 17.5. The molecule has 2 heterocycles. The summed E-state index contributed by atoms with van der Waals surface area (Å²) in [5.41, 5.74) is 3.09. The monoisotopic (exact) mass is 338 g/mol. The van der Waals surface area contributed by atoms with Crippen molar-refractivity contribution in [3.63, 3.8) is 0 Å². The van der Waals surface area contributed by atoms with Crippen LogP contribution in [0.3, 0.4) is 0 Å². The van der Waals surface area contributed by atoms with Gasteiger partial charge in [-0.2, -0.15) is 5.10 Å². The number of hydrogen-bond acceptors (Lipinski definition) is 4. The van der Waals surface area contributed by atoms with E-state index < -0.39 is 0 Å². The van der Waals surface area contributed by atoms with Crippen molar-refractivity contribution in [2.45, 2.75) is 52.3 Å². The molecule has 1 aromatic heterocycles. The molecule has 2 rings (SSSR count). The molecule has 0 saturated carbocycles. The Bertz CT molecular complexity index is 538. The van der Waals surface area contributed by atoms with Gasteiger partial charge < -0.3 is 19.7 Å². The van der Waals surface area contributed by atoms with Crippen molar-refractivity contribution < 1.29 is 14.3 Å². The summed E-state index contributed by atoms with van der Waals surface area (Å²) in [5.74, 6) is 0. The van der Waals surface area contributed by atoms with Crippen LogP contribution in [0.25, 0.3) is 0 Å². The van der Waals surface area contributed by atoms with E-state index in [0.29, 0.717) is 19.7 Å². The summed E-state index contributed by atoms with van der Waals surface area (Å²) in [7, 11) is 3.49. The van der Waals surface area contributed by atoms with Gasteiger partial charge in [0.25, 0.3) is 0 Å². The van der Waals surface area contributed by atoms with Crippen LogP contribution < -0.4 is 5.32 Å². The van der Waals surface area contributed by atoms with Crippen LogP contribution in [0.2, 0.25) is 0 Å². The Morgan fingerprint density at radius 1 is 1.46 bits per heavy atom. The highest BCUT2D eigenvalue weighted by Crippen LogP contribution is 2.14. The number of nitrogens with zero attached hydrogens (tertiary/aromatic N) is 3. The van der Waals surface area contributed by atoms with E-state index in [-0.39, 0.29) is 12.1 Å². The maximum Gasteiger partial charge on any atom is 0.317 e. The highest BCUT2D eigenvalue weighted by molar-refractivity contribution is 5.73. The maximum absolute atomic E-state index is 12.3. The summed E-state index contributed by atoms with van der Waals surface area (Å²) in [6.07, 6.45) is 3.49. The lowest BCUT2D eigenvalue weighted by Crippen LogP contribution is -2.42. The lowest BCUT2D eigenvalue weighted by atomic mass is 10.1. The maximum atomic E-state index is 12.3. The normalized spacial score (nSPS) is 17.8. The molecule has 7 heteroatoms. The summed E-state index contributed by atoms with van der Waals surface area (Å²) >= 11 is 0. The van der Waals surface area contributed by atoms with Crippen LogP contribution in [-0.2, 0) is 22.6 Å². The van der Waals surface area contributed by atoms with Gasteiger partial charge in [-0.05, 0) is 33.1 Å². The van der Waals surface area contributed by atoms with E-state index in [1.54, 1.807) is 12.0 Å². The zero-order valence-corrected chi connectivity index (χ0v) is 15.3. The number of nitrogens with one attached hydrogen (secondary N) is 1. The zero-order valence-electron chi connectivity index (χ0n) is 15.3. The van der Waals surface area contributed by atoms with Crippen molar-refractivity contribution in [2.24, 2.45) is 0 Å². The number of urea groups is 1. The number of aromatic nitrogens is 2. The van der Waals surface area contributed by atoms with Gasteiger partial charge in [0.15, 0.2) is 0 Å². The minimum atomic E-state index is -0.0763. The van der Waals surface area contributed by atoms with Gasteiger partial charge in [0, 0.05) is 45.1 Å². The molecule has 136 valence electrons. The van der Waals surface area contributed by atoms with Crippen LogP contribution in [0.4, 0.5) is 4.79 Å². The van der Waals surface area contributed by atoms with Crippen LogP contribution in [0.1, 0.15) is 36.2 Å². The second-order valence-electron chi connectivity index (χ2n) is 6.39. The summed E-state index contributed by atoms with van der Waals surface area (Å²) in [6.45, 7) is 7.26. The molecule has 1 aliphatic rings. The van der Waals surface area contributed by atoms with Gasteiger partial charge in [0.2, 0.25) is 0 Å². The van der Waals surface area contributed by atoms with E-state index in [2.05, 4.69) is 10.4 Å². The Morgan fingerprint density at radius 3 is 2.92 bits per heavy atom. The Balaban J connectivity index is 1.85. The Kier molecular flexibility index (Phi) is 7.05. The predicted molar refractivity (Wildman–Crippen MR) is 92.0 cm³/mol. The van der Waals surface area contributed by atoms with Gasteiger partial charge in [-0.3, -0.25) is 4.68 Å². The first-order valence-electron chi connectivity index (χ1n) is 8.65. The molecule has 24 heavy (non-hydrogen) atoms. The van der Waals surface area contributed by atoms with Crippen molar-refractivity contribution in [2.75, 3.05) is 33.9 Å². The fourth-order valence-corrected chi connectivity index (χ4v) is 3.02. The molecule has 1 fully saturated rings. The number of hydrogen-bond donors (Lipinski definition) is 1. The fourth-order valence-electron chi connectivity index (χ4n) is 3.02. The van der Waals surface area contributed by atoms with E-state index >= 15 is 0 Å². The highest BCUT2D eigenvalue weighted by Gasteiger charge is 2.19. The van der Waals surface area contributed by atoms with Crippen LogP contribution in [-0.4, -0.2) is 60.7 Å². The van der Waals surface area contributed by atoms with Crippen LogP contribution in [0.5, 0.6) is 0 Å². The van der Waals surface area contributed by atoms with Crippen LogP contribution in [0, 0.1) is 13.8 Å². The van der Waals surface area contributed by atoms with Gasteiger partial charge in [0.05, 0.1) is 24.9 Å². The number of rotatable bonds is 7. The quantitative estimate of drug-likeness (QED) is 0.824. The third-order valence-corrected chi connectivity index (χ3v) is 4.55. The van der Waals surface area contributed by atoms with Crippen LogP contribution >= 0.6 is 0 Å². The van der Waals surface area contributed by atoms with Gasteiger partial charge >= 0.3 is 6.03 Å². The van der Waals surface area contributed by atoms with E-state index in [0.717, 1.165) is 42.9 Å². The van der Waals surface area contributed by atoms with Crippen molar-refractivity contribution in [3.8, 4) is 0 Å². The van der Waals surface area contributed by atoms with Crippen molar-refractivity contribution in [3.05, 3.63) is 17.0 Å². The Labute approximate surface area is 144 Å². The van der Waals surface area contributed by atoms with Gasteiger partial charge in [-0.1, -0.05) is 0 Å². The third kappa shape index (κ3) is 4.95. The molecule has 7 nitrogen and oxygen atoms in total. The lowest BCUT2D eigenvalue weighted by molar-refractivity contribution is 0.00385. The lowest BCUT2D eigenvalue weighted by Gasteiger charge is -2.27. The number of carbonyl (C=O) groups excluding carboxylic acids is 1. The molecular weight excluding hydrogens is 308 g/mol. The van der Waals surface area contributed by atoms with Gasteiger partial charge in [0.1, 0.15) is 0 Å². The van der Waals surface area contributed by atoms with Crippen molar-refractivity contribution in [1.82, 2.24) is 20.0 Å². The molecule has 0 bridgehead atoms. The third-order valence-electron chi connectivity index (χ3n) is 4.55. The molecule has 2 amide bonds. The number of amides is 2. The average Bonchev–Trinajstić information content (AvgIpc) is 2.85. The van der Waals surface area contributed by atoms with Crippen LogP contribution in [0.15, 0.2) is 0 Å². The van der Waals surface area contributed by atoms with Crippen molar-refractivity contribution >= 4 is 6.03 Å². The molecule has 1 atom stereocenters. The molecule has 0 aromatic carbocycles. The number of aryl methyl sites for hydroxylation is 1. The second-order valence-corrected chi connectivity index (χ2v) is 6.39. The van der Waals surface area contributed by atoms with E-state index in [1.807, 2.05) is 25.6 Å². The molecule has 1 saturated heterocycles. The summed E-state index contributed by atoms with van der Waals surface area (Å²) in [4.78, 5) is 14.0. The molecular formula is C17H30N4O3. The first kappa shape index (κ1) is 18.7. The molecule has 0 radical (unpaired) electrons. The number of methoxy groups -OCH3 is 1. The minimum absolute atomic E-state index is 0.0763. The number of likely N-dealkylation sites (N-methyl/N-ethyl adjacent to an activating group) is 1. The topological polar surface area (TPSA) is 68.6 Å². The molecule has 1 aliphatic heterocycles. The molecule has 0 aliphatic carbocycles. The first-order valence-corrected chi connectivity index (χ1v) is 8.65. The summed E-state index contributed by atoms with van der Waals surface area (Å²) in [5, 5.41) is 7.50. The molecule has 0 spiro atoms. The number of carbonyl (C=O) groups is 1. The summed E-state index contributed by atoms with van der Waals surface area (Å²) < 4.78 is 12.7. The largest absolute Gasteiger partial charge is 0.383 e. The average molecular weight is 338 g/mol. The fraction of sp³-hybridized carbons (Fsp3) is 0.765.